The van der Waals surface area contributed by atoms with E-state index in [4.69, 9.17) is 0 Å². The lowest BCUT2D eigenvalue weighted by Gasteiger charge is -2.33. The molecule has 0 aliphatic heterocycles. The molecule has 4 rings (SSSR count). The number of ketones is 1. The van der Waals surface area contributed by atoms with Gasteiger partial charge in [-0.2, -0.15) is 0 Å². The zero-order valence-electron chi connectivity index (χ0n) is 15.7. The Balaban J connectivity index is 1.88. The van der Waals surface area contributed by atoms with Crippen molar-refractivity contribution in [2.45, 2.75) is 57.8 Å². The smallest absolute Gasteiger partial charge is 0.202 e. The summed E-state index contributed by atoms with van der Waals surface area (Å²) < 4.78 is 0. The van der Waals surface area contributed by atoms with Gasteiger partial charge < -0.3 is 0 Å². The molecule has 134 valence electrons. The van der Waals surface area contributed by atoms with Crippen LogP contribution in [-0.4, -0.2) is 5.78 Å². The maximum Gasteiger partial charge on any atom is 0.202 e. The second kappa shape index (κ2) is 7.00. The molecule has 0 atom stereocenters. The van der Waals surface area contributed by atoms with Crippen LogP contribution in [0.4, 0.5) is 0 Å². The van der Waals surface area contributed by atoms with Crippen LogP contribution in [0.1, 0.15) is 78.7 Å². The van der Waals surface area contributed by atoms with Crippen LogP contribution < -0.4 is 0 Å². The molecular formula is C24H26OS. The highest BCUT2D eigenvalue weighted by Crippen LogP contribution is 2.56. The van der Waals surface area contributed by atoms with Crippen LogP contribution >= 0.6 is 11.3 Å². The molecule has 0 fully saturated rings. The number of thiophene rings is 1. The van der Waals surface area contributed by atoms with Crippen molar-refractivity contribution in [1.29, 1.82) is 0 Å². The fourth-order valence-electron chi connectivity index (χ4n) is 4.91. The predicted octanol–water partition coefficient (Wildman–Crippen LogP) is 6.93. The second-order valence-corrected chi connectivity index (χ2v) is 8.41. The number of hydrogen-bond acceptors (Lipinski definition) is 2. The van der Waals surface area contributed by atoms with Crippen molar-refractivity contribution in [3.63, 3.8) is 0 Å². The molecule has 0 bridgehead atoms. The number of carbonyl (C=O) groups is 1. The fraction of sp³-hybridized carbons (Fsp3) is 0.375. The summed E-state index contributed by atoms with van der Waals surface area (Å²) in [6.07, 6.45) is 11.8. The number of fused-ring (bicyclic) bond motifs is 3. The highest BCUT2D eigenvalue weighted by molar-refractivity contribution is 7.12. The van der Waals surface area contributed by atoms with Gasteiger partial charge in [-0.25, -0.2) is 0 Å². The van der Waals surface area contributed by atoms with E-state index in [1.165, 1.54) is 33.6 Å². The lowest BCUT2D eigenvalue weighted by Crippen LogP contribution is -2.25. The summed E-state index contributed by atoms with van der Waals surface area (Å²) in [5.74, 6) is 0.155. The molecule has 1 aromatic heterocycles. The van der Waals surface area contributed by atoms with Gasteiger partial charge in [0, 0.05) is 11.0 Å². The van der Waals surface area contributed by atoms with Crippen molar-refractivity contribution in [2.24, 2.45) is 0 Å². The average molecular weight is 363 g/mol. The van der Waals surface area contributed by atoms with Crippen LogP contribution in [0, 0.1) is 0 Å². The van der Waals surface area contributed by atoms with Gasteiger partial charge in [-0.05, 0) is 65.5 Å². The molecule has 2 aromatic rings. The molecule has 26 heavy (non-hydrogen) atoms. The van der Waals surface area contributed by atoms with Crippen LogP contribution in [0.3, 0.4) is 0 Å². The van der Waals surface area contributed by atoms with E-state index in [-0.39, 0.29) is 11.2 Å². The Morgan fingerprint density at radius 3 is 2.54 bits per heavy atom. The van der Waals surface area contributed by atoms with Gasteiger partial charge in [-0.15, -0.1) is 11.3 Å². The Hall–Kier alpha value is -1.93. The van der Waals surface area contributed by atoms with Gasteiger partial charge in [0.25, 0.3) is 0 Å². The molecule has 2 heteroatoms. The van der Waals surface area contributed by atoms with E-state index < -0.39 is 0 Å². The van der Waals surface area contributed by atoms with Crippen molar-refractivity contribution < 1.29 is 4.79 Å². The Morgan fingerprint density at radius 2 is 1.85 bits per heavy atom. The van der Waals surface area contributed by atoms with Crippen molar-refractivity contribution in [2.75, 3.05) is 0 Å². The SMILES string of the molecule is CCCC1(CCC)C2=CCCC=C2c2ccc(C(=O)c3cccs3)cc21. The van der Waals surface area contributed by atoms with Crippen molar-refractivity contribution in [3.8, 4) is 0 Å². The van der Waals surface area contributed by atoms with Crippen molar-refractivity contribution >= 4 is 22.7 Å². The van der Waals surface area contributed by atoms with Crippen LogP contribution in [0.15, 0.2) is 53.4 Å². The topological polar surface area (TPSA) is 17.1 Å². The zero-order chi connectivity index (χ0) is 18.1. The lowest BCUT2D eigenvalue weighted by molar-refractivity contribution is 0.104. The maximum absolute atomic E-state index is 12.9. The molecule has 1 heterocycles. The minimum atomic E-state index is 0.0941. The van der Waals surface area contributed by atoms with E-state index in [0.29, 0.717) is 0 Å². The summed E-state index contributed by atoms with van der Waals surface area (Å²) in [4.78, 5) is 13.8. The van der Waals surface area contributed by atoms with Gasteiger partial charge in [0.15, 0.2) is 0 Å². The number of carbonyl (C=O) groups excluding carboxylic acids is 1. The molecule has 0 spiro atoms. The normalized spacial score (nSPS) is 17.3. The predicted molar refractivity (Wildman–Crippen MR) is 111 cm³/mol. The quantitative estimate of drug-likeness (QED) is 0.509. The van der Waals surface area contributed by atoms with Gasteiger partial charge in [-0.1, -0.05) is 57.0 Å². The first-order valence-corrected chi connectivity index (χ1v) is 10.7. The molecular weight excluding hydrogens is 336 g/mol. The number of rotatable bonds is 6. The van der Waals surface area contributed by atoms with E-state index in [1.54, 1.807) is 0 Å². The fourth-order valence-corrected chi connectivity index (χ4v) is 5.60. The zero-order valence-corrected chi connectivity index (χ0v) is 16.5. The molecule has 0 unspecified atom stereocenters. The summed E-state index contributed by atoms with van der Waals surface area (Å²) in [7, 11) is 0. The Bertz CT molecular complexity index is 877. The summed E-state index contributed by atoms with van der Waals surface area (Å²) in [5.41, 5.74) is 6.65. The van der Waals surface area contributed by atoms with E-state index >= 15 is 0 Å². The van der Waals surface area contributed by atoms with E-state index in [0.717, 1.165) is 49.0 Å². The third kappa shape index (κ3) is 2.63. The molecule has 1 aromatic carbocycles. The minimum Gasteiger partial charge on any atom is -0.288 e. The number of benzene rings is 1. The number of hydrogen-bond donors (Lipinski definition) is 0. The largest absolute Gasteiger partial charge is 0.288 e. The van der Waals surface area contributed by atoms with Crippen LogP contribution in [-0.2, 0) is 5.41 Å². The molecule has 0 saturated heterocycles. The highest BCUT2D eigenvalue weighted by atomic mass is 32.1. The van der Waals surface area contributed by atoms with Crippen LogP contribution in [0.25, 0.3) is 5.57 Å². The first-order chi connectivity index (χ1) is 12.7. The third-order valence-electron chi connectivity index (χ3n) is 5.86. The summed E-state index contributed by atoms with van der Waals surface area (Å²) in [6, 6.07) is 10.3. The van der Waals surface area contributed by atoms with Gasteiger partial charge in [0.05, 0.1) is 4.88 Å². The molecule has 2 aliphatic carbocycles. The minimum absolute atomic E-state index is 0.0941. The lowest BCUT2D eigenvalue weighted by atomic mass is 9.70. The summed E-state index contributed by atoms with van der Waals surface area (Å²) >= 11 is 1.53. The molecule has 1 nitrogen and oxygen atoms in total. The standard InChI is InChI=1S/C24H26OS/c1-3-13-24(14-4-2)20-9-6-5-8-18(20)19-12-11-17(16-21(19)24)23(25)22-10-7-15-26-22/h7-12,15-16H,3-6,13-14H2,1-2H3. The third-order valence-corrected chi connectivity index (χ3v) is 6.72. The first-order valence-electron chi connectivity index (χ1n) is 9.85. The van der Waals surface area contributed by atoms with Gasteiger partial charge in [0.2, 0.25) is 5.78 Å². The monoisotopic (exact) mass is 362 g/mol. The highest BCUT2D eigenvalue weighted by Gasteiger charge is 2.44. The Labute approximate surface area is 160 Å². The average Bonchev–Trinajstić information content (AvgIpc) is 3.29. The van der Waals surface area contributed by atoms with Gasteiger partial charge >= 0.3 is 0 Å². The van der Waals surface area contributed by atoms with Crippen LogP contribution in [0.2, 0.25) is 0 Å². The van der Waals surface area contributed by atoms with Crippen molar-refractivity contribution in [3.05, 3.63) is 75.0 Å². The number of allylic oxidation sites excluding steroid dienone is 4. The Kier molecular flexibility index (Phi) is 4.71. The van der Waals surface area contributed by atoms with Crippen LogP contribution in [0.5, 0.6) is 0 Å². The summed E-state index contributed by atoms with van der Waals surface area (Å²) in [5, 5.41) is 1.98. The molecule has 0 saturated carbocycles. The first kappa shape index (κ1) is 17.5. The van der Waals surface area contributed by atoms with Crippen molar-refractivity contribution in [1.82, 2.24) is 0 Å². The van der Waals surface area contributed by atoms with E-state index in [1.807, 2.05) is 23.6 Å². The Morgan fingerprint density at radius 1 is 1.08 bits per heavy atom. The maximum atomic E-state index is 12.9. The second-order valence-electron chi connectivity index (χ2n) is 7.46. The molecule has 2 aliphatic rings. The van der Waals surface area contributed by atoms with E-state index in [2.05, 4.69) is 38.1 Å². The van der Waals surface area contributed by atoms with Gasteiger partial charge in [-0.3, -0.25) is 4.79 Å². The summed E-state index contributed by atoms with van der Waals surface area (Å²) in [6.45, 7) is 4.56. The molecule has 0 radical (unpaired) electrons. The molecule has 0 N–H and O–H groups in total. The van der Waals surface area contributed by atoms with Gasteiger partial charge in [0.1, 0.15) is 0 Å². The van der Waals surface area contributed by atoms with E-state index in [9.17, 15) is 4.79 Å². The molecule has 0 amide bonds.